The number of rotatable bonds is 5. The molecule has 0 amide bonds. The lowest BCUT2D eigenvalue weighted by Crippen LogP contribution is -2.48. The average Bonchev–Trinajstić information content (AvgIpc) is 3.05. The molecule has 0 spiro atoms. The minimum atomic E-state index is -4.32. The minimum Gasteiger partial charge on any atom is -0.325 e. The number of sulfonamides is 1. The van der Waals surface area contributed by atoms with Crippen LogP contribution in [0, 0.1) is 13.8 Å². The Balaban J connectivity index is 1.71. The van der Waals surface area contributed by atoms with Gasteiger partial charge < -0.3 is 4.57 Å². The predicted molar refractivity (Wildman–Crippen MR) is 117 cm³/mol. The number of imidazole rings is 1. The maximum absolute atomic E-state index is 13.4. The number of alkyl halides is 3. The molecule has 6 nitrogen and oxygen atoms in total. The van der Waals surface area contributed by atoms with Gasteiger partial charge in [-0.1, -0.05) is 32.9 Å². The highest BCUT2D eigenvalue weighted by atomic mass is 32.2. The third-order valence-corrected chi connectivity index (χ3v) is 7.98. The van der Waals surface area contributed by atoms with Crippen LogP contribution in [0.1, 0.15) is 43.3 Å². The zero-order chi connectivity index (χ0) is 23.9. The van der Waals surface area contributed by atoms with E-state index in [1.165, 1.54) is 16.7 Å². The number of hydrogen-bond acceptors (Lipinski definition) is 4. The molecule has 3 rings (SSSR count). The molecule has 0 atom stereocenters. The van der Waals surface area contributed by atoms with Crippen molar-refractivity contribution in [2.75, 3.05) is 26.2 Å². The highest BCUT2D eigenvalue weighted by Gasteiger charge is 2.33. The molecule has 1 aromatic carbocycles. The van der Waals surface area contributed by atoms with Gasteiger partial charge in [0.05, 0.1) is 11.4 Å². The van der Waals surface area contributed by atoms with Crippen LogP contribution in [-0.2, 0) is 28.5 Å². The zero-order valence-electron chi connectivity index (χ0n) is 19.2. The standard InChI is InChI=1S/C22H31F3N4O2S/c1-16-12-18(21(3,4)5)13-17(2)20(16)32(30,31)29-10-8-27(9-11-29)14-19-26-6-7-28(19)15-22(23,24)25/h6-7,12-13H,8-11,14-15H2,1-5H3. The number of benzene rings is 1. The van der Waals surface area contributed by atoms with Crippen molar-refractivity contribution < 1.29 is 21.6 Å². The van der Waals surface area contributed by atoms with Gasteiger partial charge in [0.2, 0.25) is 10.0 Å². The fourth-order valence-electron chi connectivity index (χ4n) is 4.08. The number of aromatic nitrogens is 2. The maximum atomic E-state index is 13.4. The van der Waals surface area contributed by atoms with E-state index in [1.807, 2.05) is 30.9 Å². The first-order valence-corrected chi connectivity index (χ1v) is 12.0. The lowest BCUT2D eigenvalue weighted by atomic mass is 9.85. The summed E-state index contributed by atoms with van der Waals surface area (Å²) in [6, 6.07) is 3.88. The van der Waals surface area contributed by atoms with E-state index in [4.69, 9.17) is 0 Å². The van der Waals surface area contributed by atoms with Gasteiger partial charge in [0.15, 0.2) is 0 Å². The summed E-state index contributed by atoms with van der Waals surface area (Å²) in [4.78, 5) is 6.33. The van der Waals surface area contributed by atoms with Gasteiger partial charge in [0.1, 0.15) is 12.4 Å². The van der Waals surface area contributed by atoms with Gasteiger partial charge in [0, 0.05) is 38.6 Å². The van der Waals surface area contributed by atoms with Gasteiger partial charge in [-0.15, -0.1) is 0 Å². The second-order valence-electron chi connectivity index (χ2n) is 9.46. The number of aryl methyl sites for hydroxylation is 2. The molecule has 32 heavy (non-hydrogen) atoms. The van der Waals surface area contributed by atoms with Gasteiger partial charge >= 0.3 is 6.18 Å². The van der Waals surface area contributed by atoms with E-state index < -0.39 is 22.7 Å². The Morgan fingerprint density at radius 3 is 2.06 bits per heavy atom. The smallest absolute Gasteiger partial charge is 0.325 e. The molecule has 1 aliphatic heterocycles. The summed E-state index contributed by atoms with van der Waals surface area (Å²) in [7, 11) is -3.67. The van der Waals surface area contributed by atoms with E-state index in [2.05, 4.69) is 25.8 Å². The van der Waals surface area contributed by atoms with Crippen LogP contribution in [-0.4, -0.2) is 59.5 Å². The molecule has 0 saturated carbocycles. The lowest BCUT2D eigenvalue weighted by Gasteiger charge is -2.34. The molecule has 2 heterocycles. The fraction of sp³-hybridized carbons (Fsp3) is 0.591. The first-order valence-electron chi connectivity index (χ1n) is 10.6. The molecule has 1 saturated heterocycles. The molecule has 0 unspecified atom stereocenters. The van der Waals surface area contributed by atoms with Crippen LogP contribution >= 0.6 is 0 Å². The zero-order valence-corrected chi connectivity index (χ0v) is 20.0. The van der Waals surface area contributed by atoms with Crippen LogP contribution in [0.25, 0.3) is 0 Å². The summed E-state index contributed by atoms with van der Waals surface area (Å²) in [5.41, 5.74) is 2.46. The van der Waals surface area contributed by atoms with Crippen LogP contribution in [0.4, 0.5) is 13.2 Å². The van der Waals surface area contributed by atoms with E-state index in [0.717, 1.165) is 21.3 Å². The van der Waals surface area contributed by atoms with Crippen molar-refractivity contribution >= 4 is 10.0 Å². The van der Waals surface area contributed by atoms with E-state index in [0.29, 0.717) is 23.8 Å². The number of nitrogens with zero attached hydrogens (tertiary/aromatic N) is 4. The van der Waals surface area contributed by atoms with Crippen molar-refractivity contribution in [2.45, 2.75) is 64.2 Å². The molecular weight excluding hydrogens is 441 g/mol. The van der Waals surface area contributed by atoms with E-state index in [1.54, 1.807) is 0 Å². The number of hydrogen-bond donors (Lipinski definition) is 0. The molecule has 10 heteroatoms. The van der Waals surface area contributed by atoms with Crippen LogP contribution in [0.2, 0.25) is 0 Å². The van der Waals surface area contributed by atoms with Crippen molar-refractivity contribution in [3.63, 3.8) is 0 Å². The molecule has 1 fully saturated rings. The van der Waals surface area contributed by atoms with Crippen molar-refractivity contribution in [1.29, 1.82) is 0 Å². The molecule has 1 aromatic heterocycles. The first kappa shape index (κ1) is 24.7. The lowest BCUT2D eigenvalue weighted by molar-refractivity contribution is -0.141. The quantitative estimate of drug-likeness (QED) is 0.663. The molecule has 0 bridgehead atoms. The van der Waals surface area contributed by atoms with Crippen LogP contribution in [0.15, 0.2) is 29.4 Å². The Bertz CT molecular complexity index is 1040. The third-order valence-electron chi connectivity index (χ3n) is 5.77. The predicted octanol–water partition coefficient (Wildman–Crippen LogP) is 3.87. The average molecular weight is 473 g/mol. The van der Waals surface area contributed by atoms with Gasteiger partial charge in [-0.05, 0) is 36.0 Å². The molecule has 0 radical (unpaired) electrons. The third kappa shape index (κ3) is 5.52. The van der Waals surface area contributed by atoms with Gasteiger partial charge in [-0.3, -0.25) is 4.90 Å². The Kier molecular flexibility index (Phi) is 6.80. The van der Waals surface area contributed by atoms with Crippen molar-refractivity contribution in [3.05, 3.63) is 47.0 Å². The van der Waals surface area contributed by atoms with Crippen LogP contribution in [0.5, 0.6) is 0 Å². The largest absolute Gasteiger partial charge is 0.406 e. The second-order valence-corrected chi connectivity index (χ2v) is 11.3. The van der Waals surface area contributed by atoms with E-state index >= 15 is 0 Å². The molecular formula is C22H31F3N4O2S. The Morgan fingerprint density at radius 1 is 1.00 bits per heavy atom. The molecule has 178 valence electrons. The molecule has 2 aromatic rings. The SMILES string of the molecule is Cc1cc(C(C)(C)C)cc(C)c1S(=O)(=O)N1CCN(Cc2nccn2CC(F)(F)F)CC1. The maximum Gasteiger partial charge on any atom is 0.406 e. The fourth-order valence-corrected chi connectivity index (χ4v) is 5.91. The van der Waals surface area contributed by atoms with E-state index in [9.17, 15) is 21.6 Å². The Labute approximate surface area is 188 Å². The Hall–Kier alpha value is -1.91. The summed E-state index contributed by atoms with van der Waals surface area (Å²) in [6.07, 6.45) is -1.65. The van der Waals surface area contributed by atoms with Crippen LogP contribution in [0.3, 0.4) is 0 Å². The van der Waals surface area contributed by atoms with Gasteiger partial charge in [0.25, 0.3) is 0 Å². The number of piperazine rings is 1. The number of halogens is 3. The molecule has 0 N–H and O–H groups in total. The normalized spacial score (nSPS) is 17.1. The van der Waals surface area contributed by atoms with Crippen molar-refractivity contribution in [3.8, 4) is 0 Å². The summed E-state index contributed by atoms with van der Waals surface area (Å²) in [5.74, 6) is 0.322. The minimum absolute atomic E-state index is 0.0821. The second kappa shape index (κ2) is 8.79. The van der Waals surface area contributed by atoms with Crippen molar-refractivity contribution in [1.82, 2.24) is 18.8 Å². The van der Waals surface area contributed by atoms with Crippen molar-refractivity contribution in [2.24, 2.45) is 0 Å². The highest BCUT2D eigenvalue weighted by molar-refractivity contribution is 7.89. The summed E-state index contributed by atoms with van der Waals surface area (Å²) < 4.78 is 67.6. The topological polar surface area (TPSA) is 58.4 Å². The summed E-state index contributed by atoms with van der Waals surface area (Å²) >= 11 is 0. The van der Waals surface area contributed by atoms with Crippen LogP contribution < -0.4 is 0 Å². The monoisotopic (exact) mass is 472 g/mol. The molecule has 0 aliphatic carbocycles. The summed E-state index contributed by atoms with van der Waals surface area (Å²) in [5, 5.41) is 0. The van der Waals surface area contributed by atoms with E-state index in [-0.39, 0.29) is 25.0 Å². The highest BCUT2D eigenvalue weighted by Crippen LogP contribution is 2.31. The molecule has 1 aliphatic rings. The Morgan fingerprint density at radius 2 is 1.56 bits per heavy atom. The van der Waals surface area contributed by atoms with Gasteiger partial charge in [-0.25, -0.2) is 13.4 Å². The van der Waals surface area contributed by atoms with Gasteiger partial charge in [-0.2, -0.15) is 17.5 Å². The summed E-state index contributed by atoms with van der Waals surface area (Å²) in [6.45, 7) is 10.5. The first-order chi connectivity index (χ1) is 14.7.